The minimum absolute atomic E-state index is 0.0368. The molecule has 2 N–H and O–H groups in total. The lowest BCUT2D eigenvalue weighted by molar-refractivity contribution is 0.0699. The molecule has 0 atom stereocenters. The van der Waals surface area contributed by atoms with Gasteiger partial charge in [0.25, 0.3) is 5.91 Å². The van der Waals surface area contributed by atoms with E-state index in [-0.39, 0.29) is 17.2 Å². The first-order valence-electron chi connectivity index (χ1n) is 10.9. The zero-order valence-electron chi connectivity index (χ0n) is 18.8. The van der Waals surface area contributed by atoms with Gasteiger partial charge in [-0.1, -0.05) is 46.3 Å². The third-order valence-electron chi connectivity index (χ3n) is 5.37. The van der Waals surface area contributed by atoms with Gasteiger partial charge in [0.1, 0.15) is 11.5 Å². The number of aromatic nitrogens is 1. The lowest BCUT2D eigenvalue weighted by Crippen LogP contribution is -2.19. The number of hydrogen-bond donors (Lipinski definition) is 2. The lowest BCUT2D eigenvalue weighted by atomic mass is 10.0. The molecule has 0 unspecified atom stereocenters. The fourth-order valence-electron chi connectivity index (χ4n) is 3.78. The molecule has 0 aliphatic carbocycles. The van der Waals surface area contributed by atoms with Crippen LogP contribution in [-0.4, -0.2) is 23.1 Å². The Morgan fingerprint density at radius 2 is 1.84 bits per heavy atom. The van der Waals surface area contributed by atoms with E-state index in [2.05, 4.69) is 47.4 Å². The topological polar surface area (TPSA) is 96.7 Å². The maximum absolute atomic E-state index is 14.0. The number of rotatable bonds is 6. The van der Waals surface area contributed by atoms with Crippen molar-refractivity contribution >= 4 is 60.9 Å². The first kappa shape index (κ1) is 24.7. The van der Waals surface area contributed by atoms with E-state index in [0.29, 0.717) is 31.0 Å². The van der Waals surface area contributed by atoms with Gasteiger partial charge in [-0.2, -0.15) is 5.10 Å². The van der Waals surface area contributed by atoms with E-state index in [4.69, 9.17) is 9.15 Å². The van der Waals surface area contributed by atoms with Gasteiger partial charge >= 0.3 is 5.97 Å². The summed E-state index contributed by atoms with van der Waals surface area (Å²) in [4.78, 5) is 28.7. The second-order valence-electron chi connectivity index (χ2n) is 7.80. The standard InChI is InChI=1S/C27H16Br2FN3O4/c28-17-11-16(25(20(29)12-17)37-27(35)22-7-4-10-36-22)14-31-33-26(34)24-23(15-5-2-1-3-6-15)19-13-18(30)8-9-21(19)32-24/h1-14,32H,(H,33,34). The van der Waals surface area contributed by atoms with Crippen LogP contribution >= 0.6 is 31.9 Å². The number of nitrogens with one attached hydrogen (secondary N) is 2. The third kappa shape index (κ3) is 5.25. The first-order chi connectivity index (χ1) is 17.9. The molecule has 10 heteroatoms. The molecule has 3 aromatic carbocycles. The van der Waals surface area contributed by atoms with Crippen LogP contribution < -0.4 is 10.2 Å². The molecule has 5 rings (SSSR count). The molecule has 1 amide bonds. The van der Waals surface area contributed by atoms with Crippen molar-refractivity contribution in [1.82, 2.24) is 10.4 Å². The number of esters is 1. The van der Waals surface area contributed by atoms with Gasteiger partial charge in [-0.25, -0.2) is 14.6 Å². The predicted molar refractivity (Wildman–Crippen MR) is 144 cm³/mol. The maximum atomic E-state index is 14.0. The van der Waals surface area contributed by atoms with Gasteiger partial charge in [0, 0.05) is 26.5 Å². The number of hydrogen-bond acceptors (Lipinski definition) is 5. The molecule has 2 aromatic heterocycles. The molecule has 0 aliphatic heterocycles. The van der Waals surface area contributed by atoms with Crippen LogP contribution in [0.25, 0.3) is 22.0 Å². The van der Waals surface area contributed by atoms with Gasteiger partial charge < -0.3 is 14.1 Å². The monoisotopic (exact) mass is 623 g/mol. The highest BCUT2D eigenvalue weighted by Gasteiger charge is 2.20. The summed E-state index contributed by atoms with van der Waals surface area (Å²) in [5.41, 5.74) is 5.04. The van der Waals surface area contributed by atoms with E-state index < -0.39 is 17.7 Å². The molecule has 0 saturated heterocycles. The summed E-state index contributed by atoms with van der Waals surface area (Å²) in [5, 5.41) is 4.65. The molecule has 5 aromatic rings. The number of benzene rings is 3. The van der Waals surface area contributed by atoms with E-state index in [1.165, 1.54) is 30.7 Å². The van der Waals surface area contributed by atoms with E-state index in [1.54, 1.807) is 24.3 Å². The van der Waals surface area contributed by atoms with Crippen molar-refractivity contribution in [3.05, 3.63) is 111 Å². The average Bonchev–Trinajstić information content (AvgIpc) is 3.55. The quantitative estimate of drug-likeness (QED) is 0.0913. The highest BCUT2D eigenvalue weighted by molar-refractivity contribution is 9.11. The Bertz CT molecular complexity index is 1650. The zero-order valence-corrected chi connectivity index (χ0v) is 22.0. The highest BCUT2D eigenvalue weighted by Crippen LogP contribution is 2.34. The van der Waals surface area contributed by atoms with Crippen molar-refractivity contribution in [2.24, 2.45) is 5.10 Å². The Hall–Kier alpha value is -4.02. The molecule has 2 heterocycles. The number of hydrazone groups is 1. The van der Waals surface area contributed by atoms with Gasteiger partial charge in [-0.05, 0) is 64.0 Å². The second-order valence-corrected chi connectivity index (χ2v) is 9.57. The number of fused-ring (bicyclic) bond motifs is 1. The van der Waals surface area contributed by atoms with E-state index in [0.717, 1.165) is 5.56 Å². The van der Waals surface area contributed by atoms with E-state index in [9.17, 15) is 14.0 Å². The van der Waals surface area contributed by atoms with Crippen LogP contribution in [0.3, 0.4) is 0 Å². The third-order valence-corrected chi connectivity index (χ3v) is 6.42. The summed E-state index contributed by atoms with van der Waals surface area (Å²) in [7, 11) is 0. The van der Waals surface area contributed by atoms with E-state index >= 15 is 0 Å². The number of nitrogens with zero attached hydrogens (tertiary/aromatic N) is 1. The predicted octanol–water partition coefficient (Wildman–Crippen LogP) is 7.08. The van der Waals surface area contributed by atoms with Gasteiger partial charge in [0.2, 0.25) is 5.76 Å². The number of aromatic amines is 1. The molecule has 0 fully saturated rings. The summed E-state index contributed by atoms with van der Waals surface area (Å²) < 4.78 is 25.8. The number of H-pyrrole nitrogens is 1. The van der Waals surface area contributed by atoms with Crippen molar-refractivity contribution in [3.63, 3.8) is 0 Å². The summed E-state index contributed by atoms with van der Waals surface area (Å²) in [6.45, 7) is 0. The van der Waals surface area contributed by atoms with Crippen LogP contribution in [0.1, 0.15) is 26.6 Å². The fraction of sp³-hybridized carbons (Fsp3) is 0. The summed E-state index contributed by atoms with van der Waals surface area (Å²) in [6.07, 6.45) is 2.72. The van der Waals surface area contributed by atoms with Crippen molar-refractivity contribution in [1.29, 1.82) is 0 Å². The van der Waals surface area contributed by atoms with Gasteiger partial charge in [0.05, 0.1) is 17.0 Å². The highest BCUT2D eigenvalue weighted by atomic mass is 79.9. The van der Waals surface area contributed by atoms with Gasteiger partial charge in [-0.15, -0.1) is 0 Å². The molecule has 0 bridgehead atoms. The average molecular weight is 625 g/mol. The van der Waals surface area contributed by atoms with Gasteiger partial charge in [0.15, 0.2) is 5.75 Å². The number of carbonyl (C=O) groups is 2. The minimum atomic E-state index is -0.690. The Morgan fingerprint density at radius 1 is 1.03 bits per heavy atom. The van der Waals surface area contributed by atoms with Gasteiger partial charge in [-0.3, -0.25) is 4.79 Å². The molecule has 0 aliphatic rings. The van der Waals surface area contributed by atoms with Crippen LogP contribution in [-0.2, 0) is 0 Å². The van der Waals surface area contributed by atoms with Crippen molar-refractivity contribution in [3.8, 4) is 16.9 Å². The SMILES string of the molecule is O=C(Oc1c(Br)cc(Br)cc1C=NNC(=O)c1[nH]c2ccc(F)cc2c1-c1ccccc1)c1ccco1. The lowest BCUT2D eigenvalue weighted by Gasteiger charge is -2.09. The largest absolute Gasteiger partial charge is 0.457 e. The smallest absolute Gasteiger partial charge is 0.379 e. The summed E-state index contributed by atoms with van der Waals surface area (Å²) in [6, 6.07) is 19.9. The number of halogens is 3. The Labute approximate surface area is 226 Å². The Kier molecular flexibility index (Phi) is 7.02. The summed E-state index contributed by atoms with van der Waals surface area (Å²) >= 11 is 6.78. The molecule has 0 spiro atoms. The van der Waals surface area contributed by atoms with E-state index in [1.807, 2.05) is 30.3 Å². The number of amides is 1. The second kappa shape index (κ2) is 10.5. The summed E-state index contributed by atoms with van der Waals surface area (Å²) in [5.74, 6) is -1.41. The van der Waals surface area contributed by atoms with Crippen LogP contribution in [0, 0.1) is 5.82 Å². The molecule has 184 valence electrons. The maximum Gasteiger partial charge on any atom is 0.379 e. The minimum Gasteiger partial charge on any atom is -0.457 e. The van der Waals surface area contributed by atoms with Crippen LogP contribution in [0.15, 0.2) is 97.5 Å². The Morgan fingerprint density at radius 3 is 2.59 bits per heavy atom. The first-order valence-corrected chi connectivity index (χ1v) is 12.4. The van der Waals surface area contributed by atoms with Crippen LogP contribution in [0.2, 0.25) is 0 Å². The van der Waals surface area contributed by atoms with Crippen LogP contribution in [0.4, 0.5) is 4.39 Å². The molecule has 7 nitrogen and oxygen atoms in total. The molecule has 0 radical (unpaired) electrons. The zero-order chi connectivity index (χ0) is 25.9. The fourth-order valence-corrected chi connectivity index (χ4v) is 5.12. The Balaban J connectivity index is 1.45. The molecular weight excluding hydrogens is 609 g/mol. The molecule has 0 saturated carbocycles. The normalized spacial score (nSPS) is 11.2. The molecule has 37 heavy (non-hydrogen) atoms. The number of furan rings is 1. The van der Waals surface area contributed by atoms with Crippen molar-refractivity contribution < 1.29 is 23.1 Å². The number of carbonyl (C=O) groups excluding carboxylic acids is 2. The van der Waals surface area contributed by atoms with Crippen molar-refractivity contribution in [2.45, 2.75) is 0 Å². The van der Waals surface area contributed by atoms with Crippen molar-refractivity contribution in [2.75, 3.05) is 0 Å². The molecular formula is C27H16Br2FN3O4. The van der Waals surface area contributed by atoms with Crippen LogP contribution in [0.5, 0.6) is 5.75 Å². The number of ether oxygens (including phenoxy) is 1.